The molecule has 1 heterocycles. The van der Waals surface area contributed by atoms with Crippen LogP contribution < -0.4 is 15.8 Å². The molecule has 1 aromatic rings. The van der Waals surface area contributed by atoms with Crippen LogP contribution in [0.2, 0.25) is 0 Å². The lowest BCUT2D eigenvalue weighted by atomic mass is 10.0. The van der Waals surface area contributed by atoms with Crippen LogP contribution in [-0.4, -0.2) is 32.3 Å². The van der Waals surface area contributed by atoms with E-state index in [0.717, 1.165) is 17.7 Å². The molecule has 0 aromatic heterocycles. The number of nitrogens with two attached hydrogens (primary N) is 1. The van der Waals surface area contributed by atoms with Crippen molar-refractivity contribution in [1.82, 2.24) is 5.32 Å². The molecular weight excluding hydrogens is 232 g/mol. The van der Waals surface area contributed by atoms with Gasteiger partial charge in [0.15, 0.2) is 0 Å². The average molecular weight is 250 g/mol. The third-order valence-electron chi connectivity index (χ3n) is 3.07. The van der Waals surface area contributed by atoms with Gasteiger partial charge >= 0.3 is 0 Å². The van der Waals surface area contributed by atoms with Crippen LogP contribution >= 0.6 is 0 Å². The molecule has 98 valence electrons. The van der Waals surface area contributed by atoms with E-state index < -0.39 is 6.10 Å². The number of benzene rings is 1. The fraction of sp³-hybridized carbons (Fsp3) is 0.462. The number of hydrogen-bond acceptors (Lipinski definition) is 4. The molecule has 1 aromatic carbocycles. The van der Waals surface area contributed by atoms with Crippen molar-refractivity contribution in [2.45, 2.75) is 18.6 Å². The van der Waals surface area contributed by atoms with E-state index in [2.05, 4.69) is 5.32 Å². The Morgan fingerprint density at radius 3 is 3.11 bits per heavy atom. The summed E-state index contributed by atoms with van der Waals surface area (Å²) in [5.74, 6) is 0.650. The van der Waals surface area contributed by atoms with Gasteiger partial charge in [-0.25, -0.2) is 0 Å². The van der Waals surface area contributed by atoms with Gasteiger partial charge in [-0.1, -0.05) is 18.2 Å². The number of methoxy groups -OCH3 is 1. The van der Waals surface area contributed by atoms with E-state index >= 15 is 0 Å². The van der Waals surface area contributed by atoms with Crippen molar-refractivity contribution in [2.24, 2.45) is 5.73 Å². The molecule has 18 heavy (non-hydrogen) atoms. The van der Waals surface area contributed by atoms with E-state index in [1.165, 1.54) is 7.11 Å². The molecule has 2 atom stereocenters. The molecule has 1 aliphatic heterocycles. The van der Waals surface area contributed by atoms with Crippen LogP contribution in [0.3, 0.4) is 0 Å². The normalized spacial score (nSPS) is 19.6. The quantitative estimate of drug-likeness (QED) is 0.820. The van der Waals surface area contributed by atoms with E-state index in [-0.39, 0.29) is 18.5 Å². The summed E-state index contributed by atoms with van der Waals surface area (Å²) in [5, 5.41) is 2.95. The van der Waals surface area contributed by atoms with Crippen LogP contribution in [0.25, 0.3) is 0 Å². The van der Waals surface area contributed by atoms with Crippen LogP contribution in [-0.2, 0) is 9.53 Å². The number of para-hydroxylation sites is 1. The van der Waals surface area contributed by atoms with Crippen LogP contribution in [0.1, 0.15) is 18.0 Å². The van der Waals surface area contributed by atoms with Gasteiger partial charge in [0.1, 0.15) is 11.9 Å². The minimum absolute atomic E-state index is 0.0355. The zero-order valence-electron chi connectivity index (χ0n) is 10.4. The SMILES string of the molecule is COC(CN)C(=O)NC1CCOc2ccccc21. The number of ether oxygens (including phenoxy) is 2. The van der Waals surface area contributed by atoms with E-state index in [4.69, 9.17) is 15.2 Å². The van der Waals surface area contributed by atoms with E-state index in [1.54, 1.807) is 0 Å². The average Bonchev–Trinajstić information content (AvgIpc) is 2.40. The van der Waals surface area contributed by atoms with Crippen molar-refractivity contribution >= 4 is 5.91 Å². The molecule has 5 nitrogen and oxygen atoms in total. The molecule has 1 amide bonds. The first-order chi connectivity index (χ1) is 8.76. The lowest BCUT2D eigenvalue weighted by molar-refractivity contribution is -0.131. The van der Waals surface area contributed by atoms with Gasteiger partial charge in [-0.2, -0.15) is 0 Å². The molecule has 0 radical (unpaired) electrons. The summed E-state index contributed by atoms with van der Waals surface area (Å²) >= 11 is 0. The zero-order valence-corrected chi connectivity index (χ0v) is 10.4. The summed E-state index contributed by atoms with van der Waals surface area (Å²) in [6.07, 6.45) is 0.157. The van der Waals surface area contributed by atoms with Crippen molar-refractivity contribution in [2.75, 3.05) is 20.3 Å². The predicted molar refractivity (Wildman–Crippen MR) is 67.3 cm³/mol. The van der Waals surface area contributed by atoms with Crippen molar-refractivity contribution in [3.63, 3.8) is 0 Å². The Morgan fingerprint density at radius 1 is 1.61 bits per heavy atom. The predicted octanol–water partition coefficient (Wildman–Crippen LogP) is 0.600. The summed E-state index contributed by atoms with van der Waals surface area (Å²) < 4.78 is 10.6. The summed E-state index contributed by atoms with van der Waals surface area (Å²) in [6.45, 7) is 0.773. The molecule has 3 N–H and O–H groups in total. The van der Waals surface area contributed by atoms with Crippen molar-refractivity contribution in [3.05, 3.63) is 29.8 Å². The van der Waals surface area contributed by atoms with Gasteiger partial charge in [-0.15, -0.1) is 0 Å². The van der Waals surface area contributed by atoms with Crippen molar-refractivity contribution < 1.29 is 14.3 Å². The molecule has 0 bridgehead atoms. The number of amides is 1. The first-order valence-electron chi connectivity index (χ1n) is 6.01. The number of carbonyl (C=O) groups is 1. The zero-order chi connectivity index (χ0) is 13.0. The fourth-order valence-corrected chi connectivity index (χ4v) is 2.07. The molecule has 0 fully saturated rings. The monoisotopic (exact) mass is 250 g/mol. The Balaban J connectivity index is 2.09. The maximum absolute atomic E-state index is 11.9. The largest absolute Gasteiger partial charge is 0.493 e. The van der Waals surface area contributed by atoms with Crippen LogP contribution in [0.5, 0.6) is 5.75 Å². The van der Waals surface area contributed by atoms with Crippen LogP contribution in [0.15, 0.2) is 24.3 Å². The number of carbonyl (C=O) groups excluding carboxylic acids is 1. The highest BCUT2D eigenvalue weighted by Gasteiger charge is 2.25. The second-order valence-corrected chi connectivity index (χ2v) is 4.20. The lowest BCUT2D eigenvalue weighted by Crippen LogP contribution is -2.43. The van der Waals surface area contributed by atoms with Gasteiger partial charge in [-0.3, -0.25) is 4.79 Å². The molecule has 2 unspecified atom stereocenters. The molecular formula is C13H18N2O3. The minimum atomic E-state index is -0.597. The molecule has 0 spiro atoms. The first kappa shape index (κ1) is 12.9. The Morgan fingerprint density at radius 2 is 2.39 bits per heavy atom. The molecule has 5 heteroatoms. The lowest BCUT2D eigenvalue weighted by Gasteiger charge is -2.27. The van der Waals surface area contributed by atoms with Gasteiger partial charge in [0, 0.05) is 25.6 Å². The van der Waals surface area contributed by atoms with E-state index in [9.17, 15) is 4.79 Å². The molecule has 0 saturated heterocycles. The Bertz CT molecular complexity index is 418. The summed E-state index contributed by atoms with van der Waals surface area (Å²) in [7, 11) is 1.48. The third kappa shape index (κ3) is 2.63. The highest BCUT2D eigenvalue weighted by molar-refractivity contribution is 5.81. The molecule has 0 saturated carbocycles. The van der Waals surface area contributed by atoms with Crippen molar-refractivity contribution in [3.8, 4) is 5.75 Å². The highest BCUT2D eigenvalue weighted by Crippen LogP contribution is 2.31. The topological polar surface area (TPSA) is 73.6 Å². The minimum Gasteiger partial charge on any atom is -0.493 e. The molecule has 0 aliphatic carbocycles. The number of rotatable bonds is 4. The van der Waals surface area contributed by atoms with Gasteiger partial charge < -0.3 is 20.5 Å². The van der Waals surface area contributed by atoms with Crippen LogP contribution in [0, 0.1) is 0 Å². The molecule has 1 aliphatic rings. The standard InChI is InChI=1S/C13H18N2O3/c1-17-12(8-14)13(16)15-10-6-7-18-11-5-3-2-4-9(10)11/h2-5,10,12H,6-8,14H2,1H3,(H,15,16). The number of hydrogen-bond donors (Lipinski definition) is 2. The fourth-order valence-electron chi connectivity index (χ4n) is 2.07. The summed E-state index contributed by atoms with van der Waals surface area (Å²) in [6, 6.07) is 7.69. The van der Waals surface area contributed by atoms with Crippen LogP contribution in [0.4, 0.5) is 0 Å². The molecule has 2 rings (SSSR count). The second-order valence-electron chi connectivity index (χ2n) is 4.20. The highest BCUT2D eigenvalue weighted by atomic mass is 16.5. The second kappa shape index (κ2) is 5.84. The Kier molecular flexibility index (Phi) is 4.17. The van der Waals surface area contributed by atoms with Gasteiger partial charge in [0.2, 0.25) is 0 Å². The maximum atomic E-state index is 11.9. The number of fused-ring (bicyclic) bond motifs is 1. The maximum Gasteiger partial charge on any atom is 0.250 e. The first-order valence-corrected chi connectivity index (χ1v) is 6.01. The Labute approximate surface area is 106 Å². The third-order valence-corrected chi connectivity index (χ3v) is 3.07. The number of nitrogens with one attached hydrogen (secondary N) is 1. The summed E-state index contributed by atoms with van der Waals surface area (Å²) in [5.41, 5.74) is 6.48. The van der Waals surface area contributed by atoms with Gasteiger partial charge in [-0.05, 0) is 6.07 Å². The summed E-state index contributed by atoms with van der Waals surface area (Å²) in [4.78, 5) is 11.9. The Hall–Kier alpha value is -1.59. The van der Waals surface area contributed by atoms with Gasteiger partial charge in [0.25, 0.3) is 5.91 Å². The van der Waals surface area contributed by atoms with Gasteiger partial charge in [0.05, 0.1) is 12.6 Å². The van der Waals surface area contributed by atoms with E-state index in [0.29, 0.717) is 6.61 Å². The van der Waals surface area contributed by atoms with Crippen molar-refractivity contribution in [1.29, 1.82) is 0 Å². The smallest absolute Gasteiger partial charge is 0.250 e. The van der Waals surface area contributed by atoms with E-state index in [1.807, 2.05) is 24.3 Å².